The molecule has 0 atom stereocenters. The molecule has 0 unspecified atom stereocenters. The van der Waals surface area contributed by atoms with E-state index >= 15 is 0 Å². The summed E-state index contributed by atoms with van der Waals surface area (Å²) >= 11 is 1.41. The number of fused-ring (bicyclic) bond motifs is 2. The molecule has 5 rings (SSSR count). The molecule has 0 amide bonds. The quantitative estimate of drug-likeness (QED) is 0.287. The third-order valence-corrected chi connectivity index (χ3v) is 6.38. The first-order chi connectivity index (χ1) is 14.1. The van der Waals surface area contributed by atoms with Crippen molar-refractivity contribution in [2.24, 2.45) is 0 Å². The van der Waals surface area contributed by atoms with Gasteiger partial charge in [0.1, 0.15) is 0 Å². The molecule has 1 aromatic carbocycles. The second-order valence-corrected chi connectivity index (χ2v) is 8.12. The number of thiazole rings is 1. The van der Waals surface area contributed by atoms with E-state index in [1.165, 1.54) is 22.1 Å². The van der Waals surface area contributed by atoms with Gasteiger partial charge in [0.05, 0.1) is 23.4 Å². The van der Waals surface area contributed by atoms with Gasteiger partial charge in [-0.1, -0.05) is 40.4 Å². The van der Waals surface area contributed by atoms with Gasteiger partial charge in [0.25, 0.3) is 0 Å². The molecule has 4 heterocycles. The molecule has 150 valence electrons. The van der Waals surface area contributed by atoms with Gasteiger partial charge < -0.3 is 9.30 Å². The van der Waals surface area contributed by atoms with Crippen molar-refractivity contribution in [2.75, 3.05) is 32.8 Å². The molecule has 0 saturated carbocycles. The smallest absolute Gasteiger partial charge is 0.379 e. The molecule has 2 aromatic rings. The Balaban J connectivity index is 0.00000218. The van der Waals surface area contributed by atoms with Crippen LogP contribution in [-0.2, 0) is 11.3 Å². The number of morpholine rings is 1. The van der Waals surface area contributed by atoms with E-state index in [-0.39, 0.29) is 40.7 Å². The molecule has 8 nitrogen and oxygen atoms in total. The summed E-state index contributed by atoms with van der Waals surface area (Å²) in [5.74, 6) is 0. The predicted molar refractivity (Wildman–Crippen MR) is 111 cm³/mol. The Hall–Kier alpha value is -1.75. The number of hydrogen-bond donors (Lipinski definition) is 0. The van der Waals surface area contributed by atoms with Crippen LogP contribution >= 0.6 is 11.3 Å². The van der Waals surface area contributed by atoms with Crippen LogP contribution in [0.4, 0.5) is 0 Å². The normalized spacial score (nSPS) is 15.0. The number of aromatic nitrogens is 4. The number of ether oxygens (including phenoxy) is 1. The van der Waals surface area contributed by atoms with Crippen molar-refractivity contribution in [3.63, 3.8) is 0 Å². The van der Waals surface area contributed by atoms with E-state index in [1.807, 2.05) is 31.2 Å². The third-order valence-electron chi connectivity index (χ3n) is 5.37. The molecule has 3 aliphatic heterocycles. The van der Waals surface area contributed by atoms with Gasteiger partial charge in [-0.25, -0.2) is 10.1 Å². The van der Waals surface area contributed by atoms with Crippen molar-refractivity contribution in [2.45, 2.75) is 13.5 Å². The second-order valence-electron chi connectivity index (χ2n) is 7.11. The van der Waals surface area contributed by atoms with E-state index in [9.17, 15) is 9.59 Å². The van der Waals surface area contributed by atoms with Gasteiger partial charge in [-0.3, -0.25) is 14.5 Å². The third kappa shape index (κ3) is 3.81. The van der Waals surface area contributed by atoms with Crippen LogP contribution in [0, 0.1) is 6.92 Å². The standard InChI is InChI=1S/C20H20N5O3S.Na/c1-13-18-15(12-17(26)24(13)7-6-23-8-10-28-11-9-23)22-25(19(18)27)20-21-14-4-2-3-5-16(14)29-20;/h2-5,12H,6-11H2,1H3;/q-1;+1. The average Bonchev–Trinajstić information content (AvgIpc) is 3.29. The Morgan fingerprint density at radius 3 is 2.70 bits per heavy atom. The molecule has 30 heavy (non-hydrogen) atoms. The summed E-state index contributed by atoms with van der Waals surface area (Å²) in [6.45, 7) is 6.24. The summed E-state index contributed by atoms with van der Waals surface area (Å²) in [4.78, 5) is 32.6. The zero-order valence-corrected chi connectivity index (χ0v) is 19.8. The largest absolute Gasteiger partial charge is 1.00 e. The topological polar surface area (TPSA) is 82.2 Å². The number of benzene rings is 1. The van der Waals surface area contributed by atoms with Gasteiger partial charge in [-0.15, -0.1) is 6.07 Å². The Morgan fingerprint density at radius 2 is 1.93 bits per heavy atom. The van der Waals surface area contributed by atoms with Crippen molar-refractivity contribution in [3.8, 4) is 16.4 Å². The molecule has 1 aromatic heterocycles. The van der Waals surface area contributed by atoms with Crippen LogP contribution in [0.3, 0.4) is 0 Å². The van der Waals surface area contributed by atoms with E-state index in [4.69, 9.17) is 4.74 Å². The number of pyridine rings is 1. The number of hydrogen-bond acceptors (Lipinski definition) is 7. The van der Waals surface area contributed by atoms with Crippen molar-refractivity contribution < 1.29 is 34.3 Å². The van der Waals surface area contributed by atoms with E-state index in [2.05, 4.69) is 15.0 Å². The van der Waals surface area contributed by atoms with Gasteiger partial charge in [0.15, 0.2) is 5.56 Å². The Labute approximate surface area is 198 Å². The van der Waals surface area contributed by atoms with Crippen molar-refractivity contribution in [1.29, 1.82) is 0 Å². The summed E-state index contributed by atoms with van der Waals surface area (Å²) in [5, 5.41) is 4.92. The molecule has 1 fully saturated rings. The van der Waals surface area contributed by atoms with Crippen LogP contribution in [0.5, 0.6) is 0 Å². The average molecular weight is 433 g/mol. The van der Waals surface area contributed by atoms with E-state index < -0.39 is 0 Å². The van der Waals surface area contributed by atoms with Gasteiger partial charge in [-0.2, -0.15) is 4.68 Å². The maximum absolute atomic E-state index is 13.1. The predicted octanol–water partition coefficient (Wildman–Crippen LogP) is -1.53. The summed E-state index contributed by atoms with van der Waals surface area (Å²) in [7, 11) is 0. The molecule has 10 heteroatoms. The minimum absolute atomic E-state index is 0. The summed E-state index contributed by atoms with van der Waals surface area (Å²) in [6, 6.07) is 9.17. The zero-order chi connectivity index (χ0) is 20.0. The summed E-state index contributed by atoms with van der Waals surface area (Å²) in [6.07, 6.45) is 0. The van der Waals surface area contributed by atoms with Crippen molar-refractivity contribution in [3.05, 3.63) is 56.7 Å². The van der Waals surface area contributed by atoms with Crippen LogP contribution < -0.4 is 40.7 Å². The van der Waals surface area contributed by atoms with Crippen molar-refractivity contribution in [1.82, 2.24) is 24.2 Å². The maximum Gasteiger partial charge on any atom is 1.00 e. The molecular weight excluding hydrogens is 413 g/mol. The fourth-order valence-electron chi connectivity index (χ4n) is 3.78. The minimum Gasteiger partial charge on any atom is -0.379 e. The number of para-hydroxylation sites is 1. The van der Waals surface area contributed by atoms with Crippen molar-refractivity contribution >= 4 is 21.6 Å². The molecular formula is C20H20N5NaO3S. The fraction of sp³-hybridized carbons (Fsp3) is 0.350. The first-order valence-corrected chi connectivity index (χ1v) is 10.4. The monoisotopic (exact) mass is 433 g/mol. The molecule has 0 spiro atoms. The van der Waals surface area contributed by atoms with E-state index in [1.54, 1.807) is 4.57 Å². The summed E-state index contributed by atoms with van der Waals surface area (Å²) < 4.78 is 9.34. The maximum atomic E-state index is 13.1. The van der Waals surface area contributed by atoms with E-state index in [0.717, 1.165) is 29.9 Å². The molecule has 0 aliphatic carbocycles. The summed E-state index contributed by atoms with van der Waals surface area (Å²) in [5.41, 5.74) is 1.99. The van der Waals surface area contributed by atoms with Crippen LogP contribution in [-0.4, -0.2) is 57.1 Å². The molecule has 0 radical (unpaired) electrons. The van der Waals surface area contributed by atoms with Crippen LogP contribution in [0.2, 0.25) is 0 Å². The molecule has 1 saturated heterocycles. The van der Waals surface area contributed by atoms with Crippen LogP contribution in [0.25, 0.3) is 26.6 Å². The first kappa shape index (κ1) is 21.5. The number of nitrogens with zero attached hydrogens (tertiary/aromatic N) is 5. The van der Waals surface area contributed by atoms with Crippen LogP contribution in [0.15, 0.2) is 39.9 Å². The minimum atomic E-state index is -0.239. The Morgan fingerprint density at radius 1 is 1.17 bits per heavy atom. The SMILES string of the molecule is Cc1c2c(=O)n(-c3nc4ccccc4s3)nc-2[cH-]c(=O)n1CCN1CCOCC1.[Na+]. The Kier molecular flexibility index (Phi) is 6.29. The van der Waals surface area contributed by atoms with Gasteiger partial charge >= 0.3 is 29.6 Å². The van der Waals surface area contributed by atoms with Crippen LogP contribution in [0.1, 0.15) is 5.69 Å². The Bertz CT molecular complexity index is 1230. The molecule has 0 N–H and O–H groups in total. The fourth-order valence-corrected chi connectivity index (χ4v) is 4.69. The zero-order valence-electron chi connectivity index (χ0n) is 17.0. The van der Waals surface area contributed by atoms with E-state index in [0.29, 0.717) is 41.8 Å². The number of rotatable bonds is 4. The van der Waals surface area contributed by atoms with Gasteiger partial charge in [0, 0.05) is 26.2 Å². The van der Waals surface area contributed by atoms with Gasteiger partial charge in [-0.05, 0) is 19.1 Å². The first-order valence-electron chi connectivity index (χ1n) is 9.58. The second kappa shape index (κ2) is 8.78. The van der Waals surface area contributed by atoms with Gasteiger partial charge in [0.2, 0.25) is 10.7 Å². The molecule has 3 aliphatic rings. The molecule has 0 bridgehead atoms.